The summed E-state index contributed by atoms with van der Waals surface area (Å²) < 4.78 is 8.81. The molecule has 0 N–H and O–H groups in total. The van der Waals surface area contributed by atoms with Gasteiger partial charge in [-0.05, 0) is 72.4 Å². The van der Waals surface area contributed by atoms with E-state index in [0.29, 0.717) is 0 Å². The first kappa shape index (κ1) is 55.8. The van der Waals surface area contributed by atoms with Gasteiger partial charge in [0.15, 0.2) is 0 Å². The Balaban J connectivity index is 0.00000338. The van der Waals surface area contributed by atoms with Crippen LogP contribution in [0.15, 0.2) is 60.2 Å². The average Bonchev–Trinajstić information content (AvgIpc) is 3.27. The molecule has 344 valence electrons. The van der Waals surface area contributed by atoms with Crippen molar-refractivity contribution in [1.29, 1.82) is 0 Å². The third kappa shape index (κ3) is 32.5. The first-order chi connectivity index (χ1) is 29.6. The summed E-state index contributed by atoms with van der Waals surface area (Å²) in [6, 6.07) is 18.2. The van der Waals surface area contributed by atoms with Gasteiger partial charge in [-0.1, -0.05) is 249 Å². The van der Waals surface area contributed by atoms with Crippen molar-refractivity contribution in [2.24, 2.45) is 0 Å². The molecule has 4 nitrogen and oxygen atoms in total. The Hall–Kier alpha value is -2.25. The van der Waals surface area contributed by atoms with Crippen LogP contribution in [-0.2, 0) is 35.7 Å². The van der Waals surface area contributed by atoms with Crippen molar-refractivity contribution in [3.05, 3.63) is 88.0 Å². The van der Waals surface area contributed by atoms with Gasteiger partial charge in [0.2, 0.25) is 0 Å². The third-order valence-corrected chi connectivity index (χ3v) is 12.1. The number of allylic oxidation sites excluding steroid dienone is 2. The molecule has 0 unspecified atom stereocenters. The summed E-state index contributed by atoms with van der Waals surface area (Å²) in [5.74, 6) is 2.91. The monoisotopic (exact) mass is 871 g/mol. The fraction of sp³-hybridized carbons (Fsp3) is 0.709. The van der Waals surface area contributed by atoms with Crippen LogP contribution in [0.2, 0.25) is 0 Å². The van der Waals surface area contributed by atoms with Gasteiger partial charge in [-0.15, -0.1) is 4.79 Å². The molecule has 0 aliphatic carbocycles. The van der Waals surface area contributed by atoms with E-state index < -0.39 is 0 Å². The second kappa shape index (κ2) is 43.4. The fourth-order valence-electron chi connectivity index (χ4n) is 8.16. The van der Waals surface area contributed by atoms with E-state index in [9.17, 15) is 5.53 Å². The Morgan fingerprint density at radius 1 is 0.500 bits per heavy atom. The van der Waals surface area contributed by atoms with E-state index in [4.69, 9.17) is 0 Å². The number of rotatable bonds is 39. The van der Waals surface area contributed by atoms with Crippen molar-refractivity contribution >= 4 is 11.4 Å². The Bertz CT molecular complexity index is 1370. The number of nitrogens with zero attached hydrogens (tertiary/aromatic N) is 2. The molecule has 2 rings (SSSR count). The van der Waals surface area contributed by atoms with Crippen LogP contribution in [0, 0.1) is 0 Å². The zero-order valence-electron chi connectivity index (χ0n) is 39.8. The molecule has 0 spiro atoms. The summed E-state index contributed by atoms with van der Waals surface area (Å²) in [4.78, 5) is 3.34. The molecular formula is C55H92N2NiO2. The van der Waals surface area contributed by atoms with Crippen LogP contribution in [0.5, 0.6) is 0 Å². The Morgan fingerprint density at radius 2 is 0.850 bits per heavy atom. The number of aryl methyl sites for hydroxylation is 2. The van der Waals surface area contributed by atoms with E-state index in [2.05, 4.69) is 93.8 Å². The fourth-order valence-corrected chi connectivity index (χ4v) is 8.33. The Kier molecular flexibility index (Phi) is 40.3. The van der Waals surface area contributed by atoms with E-state index in [1.807, 2.05) is 0 Å². The van der Waals surface area contributed by atoms with Crippen LogP contribution >= 0.6 is 0 Å². The summed E-state index contributed by atoms with van der Waals surface area (Å²) in [7, 11) is 3.12. The molecule has 0 saturated heterocycles. The maximum absolute atomic E-state index is 9.45. The van der Waals surface area contributed by atoms with Crippen LogP contribution in [0.3, 0.4) is 0 Å². The summed E-state index contributed by atoms with van der Waals surface area (Å²) >= 11 is 0.819. The van der Waals surface area contributed by atoms with Crippen LogP contribution in [0.25, 0.3) is 11.1 Å². The molecule has 0 amide bonds. The predicted octanol–water partition coefficient (Wildman–Crippen LogP) is 17.8. The van der Waals surface area contributed by atoms with Gasteiger partial charge in [-0.2, -0.15) is 0 Å². The minimum atomic E-state index is 0.819. The van der Waals surface area contributed by atoms with Gasteiger partial charge in [0.1, 0.15) is 0 Å². The van der Waals surface area contributed by atoms with Crippen LogP contribution in [0.4, 0.5) is 0 Å². The summed E-state index contributed by atoms with van der Waals surface area (Å²) in [5.41, 5.74) is 16.9. The van der Waals surface area contributed by atoms with E-state index in [1.54, 1.807) is 14.2 Å². The van der Waals surface area contributed by atoms with Crippen molar-refractivity contribution in [2.45, 2.75) is 239 Å². The predicted molar refractivity (Wildman–Crippen MR) is 258 cm³/mol. The van der Waals surface area contributed by atoms with E-state index >= 15 is 0 Å². The van der Waals surface area contributed by atoms with Crippen molar-refractivity contribution in [2.75, 3.05) is 14.2 Å². The topological polar surface area (TPSA) is 54.9 Å². The van der Waals surface area contributed by atoms with Crippen LogP contribution < -0.4 is 0 Å². The number of hydrogen-bond donors (Lipinski definition) is 0. The van der Waals surface area contributed by atoms with E-state index in [0.717, 1.165) is 46.3 Å². The third-order valence-electron chi connectivity index (χ3n) is 11.8. The van der Waals surface area contributed by atoms with Gasteiger partial charge >= 0.3 is 42.9 Å². The average molecular weight is 872 g/mol. The van der Waals surface area contributed by atoms with Gasteiger partial charge in [-0.3, -0.25) is 0 Å². The van der Waals surface area contributed by atoms with Gasteiger partial charge < -0.3 is 5.53 Å². The number of unbranched alkanes of at least 4 members (excludes halogenated alkanes) is 28. The molecule has 5 heteroatoms. The Morgan fingerprint density at radius 3 is 1.20 bits per heavy atom. The molecule has 0 aliphatic rings. The molecule has 0 heterocycles. The van der Waals surface area contributed by atoms with Crippen molar-refractivity contribution in [3.63, 3.8) is 0 Å². The summed E-state index contributed by atoms with van der Waals surface area (Å²) in [6.07, 6.45) is 48.3. The van der Waals surface area contributed by atoms with E-state index in [1.165, 1.54) is 220 Å². The molecule has 2 aromatic rings. The minimum absolute atomic E-state index is 0.819. The van der Waals surface area contributed by atoms with Crippen molar-refractivity contribution in [3.8, 4) is 0 Å². The van der Waals surface area contributed by atoms with Crippen molar-refractivity contribution < 1.29 is 27.6 Å². The van der Waals surface area contributed by atoms with E-state index in [-0.39, 0.29) is 0 Å². The normalized spacial score (nSPS) is 11.3. The van der Waals surface area contributed by atoms with Gasteiger partial charge in [0.25, 0.3) is 0 Å². The molecule has 0 saturated carbocycles. The molecule has 0 radical (unpaired) electrons. The number of hydrogen-bond acceptors (Lipinski definition) is 2. The summed E-state index contributed by atoms with van der Waals surface area (Å²) in [5, 5.41) is 0. The molecule has 0 atom stereocenters. The molecule has 0 aromatic heterocycles. The summed E-state index contributed by atoms with van der Waals surface area (Å²) in [6.45, 7) is 6.81. The standard InChI is InChI=1S/C53H86N2.2CH3O.Ni/c1-4-7-10-12-13-14-15-16-17-18-19-20-21-22-23-24-25-26-27-28-29-30-31-32-34-38-49-41-36-43-52(45-49)53(46-50(47-55-54)39-33-11-8-5-2)51-42-35-40-48(44-51)37-9-6-3;2*1-2;/h35-36,40-46H,4-34,37-39H2,1-3H3;2*1H3;/q;2*-1;+2. The molecule has 0 aliphatic heterocycles. The molecule has 2 aromatic carbocycles. The quantitative estimate of drug-likeness (QED) is 0.0168. The van der Waals surface area contributed by atoms with Gasteiger partial charge in [-0.25, -0.2) is 0 Å². The first-order valence-corrected chi connectivity index (χ1v) is 26.0. The van der Waals surface area contributed by atoms with Crippen LogP contribution in [-0.4, -0.2) is 24.9 Å². The zero-order valence-corrected chi connectivity index (χ0v) is 40.8. The molecule has 0 fully saturated rings. The SMILES string of the molecule is CCCCCCCCCCCCCCCCCCCCCCCCCCCc1cccc(C(=CC(=C=[N+]=[N-])CCCCCC)c2cccc(CCCC)c2)c1.C[O][Ni][O]C. The first-order valence-electron chi connectivity index (χ1n) is 25.2. The zero-order chi connectivity index (χ0) is 43.4. The Labute approximate surface area is 378 Å². The van der Waals surface area contributed by atoms with Crippen LogP contribution in [0.1, 0.15) is 248 Å². The molecular weight excluding hydrogens is 779 g/mol. The van der Waals surface area contributed by atoms with Crippen molar-refractivity contribution in [1.82, 2.24) is 0 Å². The van der Waals surface area contributed by atoms with Gasteiger partial charge in [0.05, 0.1) is 5.57 Å². The molecule has 0 bridgehead atoms. The molecule has 60 heavy (non-hydrogen) atoms. The van der Waals surface area contributed by atoms with Gasteiger partial charge in [0, 0.05) is 0 Å². The maximum atomic E-state index is 9.45. The number of benzene rings is 2. The second-order valence-corrected chi connectivity index (χ2v) is 18.1. The second-order valence-electron chi connectivity index (χ2n) is 17.2.